The van der Waals surface area contributed by atoms with E-state index in [1.165, 1.54) is 17.8 Å². The topological polar surface area (TPSA) is 86.8 Å². The molecular formula is C34H43N3O4S. The summed E-state index contributed by atoms with van der Waals surface area (Å²) in [6, 6.07) is 25.5. The van der Waals surface area contributed by atoms with E-state index >= 15 is 0 Å². The normalized spacial score (nSPS) is 14.8. The van der Waals surface area contributed by atoms with Crippen molar-refractivity contribution in [2.45, 2.75) is 81.8 Å². The van der Waals surface area contributed by atoms with E-state index in [2.05, 4.69) is 5.32 Å². The molecule has 1 aliphatic carbocycles. The van der Waals surface area contributed by atoms with Gasteiger partial charge in [-0.25, -0.2) is 12.7 Å². The van der Waals surface area contributed by atoms with E-state index in [0.29, 0.717) is 19.4 Å². The van der Waals surface area contributed by atoms with Crippen molar-refractivity contribution in [2.75, 3.05) is 13.6 Å². The van der Waals surface area contributed by atoms with Crippen molar-refractivity contribution in [1.29, 1.82) is 0 Å². The van der Waals surface area contributed by atoms with Crippen LogP contribution < -0.4 is 5.32 Å². The van der Waals surface area contributed by atoms with Crippen LogP contribution in [0, 0.1) is 6.92 Å². The fraction of sp³-hybridized carbons (Fsp3) is 0.412. The number of sulfonamides is 1. The number of rotatable bonds is 13. The highest BCUT2D eigenvalue weighted by Crippen LogP contribution is 2.22. The molecule has 3 aromatic carbocycles. The van der Waals surface area contributed by atoms with Gasteiger partial charge in [-0.1, -0.05) is 92.1 Å². The molecule has 224 valence electrons. The molecule has 1 atom stereocenters. The number of nitrogens with one attached hydrogen (secondary N) is 1. The number of amides is 2. The zero-order chi connectivity index (χ0) is 30.0. The van der Waals surface area contributed by atoms with E-state index in [0.717, 1.165) is 42.4 Å². The number of nitrogens with zero attached hydrogens (tertiary/aromatic N) is 2. The molecule has 1 N–H and O–H groups in total. The van der Waals surface area contributed by atoms with Gasteiger partial charge in [0.05, 0.1) is 4.90 Å². The SMILES string of the molecule is Cc1ccccc1CN(C(=O)CCCN(C)S(=O)(=O)c1ccccc1)[C@@H](Cc1ccccc1)C(=O)NC1CCCCC1. The van der Waals surface area contributed by atoms with E-state index in [9.17, 15) is 18.0 Å². The Bertz CT molecular complexity index is 1410. The summed E-state index contributed by atoms with van der Waals surface area (Å²) in [7, 11) is -2.12. The summed E-state index contributed by atoms with van der Waals surface area (Å²) >= 11 is 0. The van der Waals surface area contributed by atoms with Gasteiger partial charge in [0.2, 0.25) is 21.8 Å². The number of carbonyl (C=O) groups excluding carboxylic acids is 2. The minimum atomic E-state index is -3.65. The highest BCUT2D eigenvalue weighted by atomic mass is 32.2. The molecule has 0 aromatic heterocycles. The van der Waals surface area contributed by atoms with Crippen LogP contribution in [-0.2, 0) is 32.6 Å². The molecule has 7 nitrogen and oxygen atoms in total. The van der Waals surface area contributed by atoms with Gasteiger partial charge in [-0.3, -0.25) is 9.59 Å². The molecule has 0 spiro atoms. The van der Waals surface area contributed by atoms with Crippen LogP contribution in [0.15, 0.2) is 89.8 Å². The first kappa shape index (κ1) is 31.4. The van der Waals surface area contributed by atoms with Gasteiger partial charge in [-0.05, 0) is 55.0 Å². The second kappa shape index (κ2) is 15.1. The van der Waals surface area contributed by atoms with Crippen molar-refractivity contribution in [3.05, 3.63) is 102 Å². The minimum Gasteiger partial charge on any atom is -0.352 e. The van der Waals surface area contributed by atoms with Gasteiger partial charge < -0.3 is 10.2 Å². The molecule has 0 bridgehead atoms. The van der Waals surface area contributed by atoms with Gasteiger partial charge in [0.15, 0.2) is 0 Å². The Balaban J connectivity index is 1.55. The molecule has 1 aliphatic rings. The molecule has 4 rings (SSSR count). The summed E-state index contributed by atoms with van der Waals surface area (Å²) in [5.74, 6) is -0.292. The summed E-state index contributed by atoms with van der Waals surface area (Å²) in [6.07, 6.45) is 6.16. The first-order valence-corrected chi connectivity index (χ1v) is 16.4. The van der Waals surface area contributed by atoms with Gasteiger partial charge in [0.25, 0.3) is 0 Å². The van der Waals surface area contributed by atoms with Crippen molar-refractivity contribution in [1.82, 2.24) is 14.5 Å². The molecule has 3 aromatic rings. The Morgan fingerprint density at radius 1 is 0.881 bits per heavy atom. The number of aryl methyl sites for hydroxylation is 1. The Labute approximate surface area is 251 Å². The third-order valence-corrected chi connectivity index (χ3v) is 10.0. The van der Waals surface area contributed by atoms with Crippen LogP contribution in [0.25, 0.3) is 0 Å². The van der Waals surface area contributed by atoms with Crippen LogP contribution in [0.3, 0.4) is 0 Å². The molecule has 42 heavy (non-hydrogen) atoms. The van der Waals surface area contributed by atoms with E-state index < -0.39 is 16.1 Å². The Morgan fingerprint density at radius 3 is 2.17 bits per heavy atom. The fourth-order valence-electron chi connectivity index (χ4n) is 5.56. The number of carbonyl (C=O) groups is 2. The maximum absolute atomic E-state index is 14.0. The van der Waals surface area contributed by atoms with E-state index in [-0.39, 0.29) is 35.7 Å². The zero-order valence-electron chi connectivity index (χ0n) is 24.7. The van der Waals surface area contributed by atoms with Crippen molar-refractivity contribution >= 4 is 21.8 Å². The average molecular weight is 590 g/mol. The lowest BCUT2D eigenvalue weighted by Gasteiger charge is -2.34. The van der Waals surface area contributed by atoms with Crippen molar-refractivity contribution in [2.24, 2.45) is 0 Å². The summed E-state index contributed by atoms with van der Waals surface area (Å²) in [4.78, 5) is 29.8. The molecular weight excluding hydrogens is 546 g/mol. The Morgan fingerprint density at radius 2 is 1.50 bits per heavy atom. The van der Waals surface area contributed by atoms with Crippen LogP contribution in [0.2, 0.25) is 0 Å². The van der Waals surface area contributed by atoms with Crippen molar-refractivity contribution < 1.29 is 18.0 Å². The second-order valence-electron chi connectivity index (χ2n) is 11.2. The summed E-state index contributed by atoms with van der Waals surface area (Å²) in [5.41, 5.74) is 3.02. The van der Waals surface area contributed by atoms with Crippen LogP contribution in [-0.4, -0.2) is 55.1 Å². The van der Waals surface area contributed by atoms with Crippen LogP contribution >= 0.6 is 0 Å². The molecule has 0 aliphatic heterocycles. The minimum absolute atomic E-state index is 0.122. The average Bonchev–Trinajstić information content (AvgIpc) is 3.01. The maximum atomic E-state index is 14.0. The predicted octanol–water partition coefficient (Wildman–Crippen LogP) is 5.48. The Kier molecular flexibility index (Phi) is 11.3. The lowest BCUT2D eigenvalue weighted by atomic mass is 9.94. The molecule has 1 saturated carbocycles. The van der Waals surface area contributed by atoms with Crippen LogP contribution in [0.5, 0.6) is 0 Å². The molecule has 1 fully saturated rings. The van der Waals surface area contributed by atoms with Crippen LogP contribution in [0.1, 0.15) is 61.6 Å². The molecule has 0 radical (unpaired) electrons. The first-order chi connectivity index (χ1) is 20.3. The van der Waals surface area contributed by atoms with Gasteiger partial charge in [-0.15, -0.1) is 0 Å². The Hall–Kier alpha value is -3.49. The zero-order valence-corrected chi connectivity index (χ0v) is 25.6. The summed E-state index contributed by atoms with van der Waals surface area (Å²) < 4.78 is 27.3. The van der Waals surface area contributed by atoms with Gasteiger partial charge in [0, 0.05) is 39.0 Å². The quantitative estimate of drug-likeness (QED) is 0.286. The molecule has 0 unspecified atom stereocenters. The van der Waals surface area contributed by atoms with Crippen molar-refractivity contribution in [3.8, 4) is 0 Å². The molecule has 0 heterocycles. The third-order valence-electron chi connectivity index (χ3n) is 8.14. The van der Waals surface area contributed by atoms with Gasteiger partial charge in [0.1, 0.15) is 6.04 Å². The van der Waals surface area contributed by atoms with E-state index in [4.69, 9.17) is 0 Å². The monoisotopic (exact) mass is 589 g/mol. The standard InChI is InChI=1S/C34H43N3O4S/c1-27-15-12-13-18-29(27)26-37(33(38)23-14-24-36(2)42(40,41)31-21-10-5-11-22-31)32(25-28-16-6-3-7-17-28)34(39)35-30-19-8-4-9-20-30/h3,5-7,10-13,15-18,21-22,30,32H,4,8-9,14,19-20,23-26H2,1-2H3,(H,35,39)/t32-/m0/s1. The second-order valence-corrected chi connectivity index (χ2v) is 13.3. The molecule has 2 amide bonds. The van der Waals surface area contributed by atoms with Crippen molar-refractivity contribution in [3.63, 3.8) is 0 Å². The fourth-order valence-corrected chi connectivity index (χ4v) is 6.79. The summed E-state index contributed by atoms with van der Waals surface area (Å²) in [6.45, 7) is 2.51. The summed E-state index contributed by atoms with van der Waals surface area (Å²) in [5, 5.41) is 3.27. The molecule has 0 saturated heterocycles. The van der Waals surface area contributed by atoms with Gasteiger partial charge in [-0.2, -0.15) is 0 Å². The highest BCUT2D eigenvalue weighted by Gasteiger charge is 2.32. The van der Waals surface area contributed by atoms with E-state index in [1.807, 2.05) is 61.5 Å². The predicted molar refractivity (Wildman–Crippen MR) is 166 cm³/mol. The lowest BCUT2D eigenvalue weighted by molar-refractivity contribution is -0.141. The third kappa shape index (κ3) is 8.52. The number of benzene rings is 3. The smallest absolute Gasteiger partial charge is 0.243 e. The van der Waals surface area contributed by atoms with E-state index in [1.54, 1.807) is 35.2 Å². The number of hydrogen-bond donors (Lipinski definition) is 1. The maximum Gasteiger partial charge on any atom is 0.243 e. The number of hydrogen-bond acceptors (Lipinski definition) is 4. The largest absolute Gasteiger partial charge is 0.352 e. The molecule has 8 heteroatoms. The van der Waals surface area contributed by atoms with Gasteiger partial charge >= 0.3 is 0 Å². The lowest BCUT2D eigenvalue weighted by Crippen LogP contribution is -2.53. The first-order valence-electron chi connectivity index (χ1n) is 15.0. The highest BCUT2D eigenvalue weighted by molar-refractivity contribution is 7.89. The van der Waals surface area contributed by atoms with Crippen LogP contribution in [0.4, 0.5) is 0 Å².